The Hall–Kier alpha value is -0.910. The van der Waals surface area contributed by atoms with Crippen LogP contribution in [-0.2, 0) is 11.3 Å². The van der Waals surface area contributed by atoms with Gasteiger partial charge < -0.3 is 10.1 Å². The fourth-order valence-electron chi connectivity index (χ4n) is 2.59. The van der Waals surface area contributed by atoms with Gasteiger partial charge in [-0.3, -0.25) is 9.58 Å². The highest BCUT2D eigenvalue weighted by atomic mass is 16.5. The summed E-state index contributed by atoms with van der Waals surface area (Å²) in [6.07, 6.45) is 2.08. The van der Waals surface area contributed by atoms with Crippen molar-refractivity contribution in [2.24, 2.45) is 0 Å². The van der Waals surface area contributed by atoms with Crippen molar-refractivity contribution in [1.82, 2.24) is 20.0 Å². The number of ether oxygens (including phenoxy) is 1. The molecule has 0 saturated carbocycles. The Morgan fingerprint density at radius 3 is 3.06 bits per heavy atom. The maximum atomic E-state index is 5.94. The predicted molar refractivity (Wildman–Crippen MR) is 71.6 cm³/mol. The first kappa shape index (κ1) is 13.5. The molecule has 1 aromatic rings. The van der Waals surface area contributed by atoms with Gasteiger partial charge in [0.05, 0.1) is 24.4 Å². The van der Waals surface area contributed by atoms with Crippen LogP contribution in [0.2, 0.25) is 0 Å². The van der Waals surface area contributed by atoms with Crippen LogP contribution in [0, 0.1) is 0 Å². The molecule has 5 nitrogen and oxygen atoms in total. The third-order valence-electron chi connectivity index (χ3n) is 3.55. The van der Waals surface area contributed by atoms with Gasteiger partial charge in [-0.2, -0.15) is 5.10 Å². The molecule has 0 amide bonds. The van der Waals surface area contributed by atoms with Crippen molar-refractivity contribution in [1.29, 1.82) is 0 Å². The van der Waals surface area contributed by atoms with Crippen molar-refractivity contribution in [2.75, 3.05) is 33.3 Å². The Balaban J connectivity index is 2.18. The first-order valence-corrected chi connectivity index (χ1v) is 6.82. The van der Waals surface area contributed by atoms with E-state index < -0.39 is 0 Å². The highest BCUT2D eigenvalue weighted by Gasteiger charge is 2.33. The number of nitrogens with one attached hydrogen (secondary N) is 1. The number of hydrogen-bond donors (Lipinski definition) is 1. The Labute approximate surface area is 109 Å². The second-order valence-corrected chi connectivity index (χ2v) is 4.71. The monoisotopic (exact) mass is 252 g/mol. The standard InChI is InChI=1S/C13H24N4O/c1-4-14-10-12-13(16(3)8-9-18-12)11-6-7-15-17(11)5-2/h6-7,12-14H,4-5,8-10H2,1-3H3. The molecule has 0 radical (unpaired) electrons. The lowest BCUT2D eigenvalue weighted by atomic mass is 10.0. The second kappa shape index (κ2) is 6.31. The Morgan fingerprint density at radius 2 is 2.33 bits per heavy atom. The Morgan fingerprint density at radius 1 is 1.50 bits per heavy atom. The molecule has 2 rings (SSSR count). The highest BCUT2D eigenvalue weighted by molar-refractivity contribution is 5.11. The van der Waals surface area contributed by atoms with Gasteiger partial charge in [-0.25, -0.2) is 0 Å². The van der Waals surface area contributed by atoms with E-state index in [-0.39, 0.29) is 6.10 Å². The van der Waals surface area contributed by atoms with Gasteiger partial charge in [-0.1, -0.05) is 6.92 Å². The van der Waals surface area contributed by atoms with Crippen LogP contribution in [0.1, 0.15) is 25.6 Å². The minimum atomic E-state index is 0.200. The highest BCUT2D eigenvalue weighted by Crippen LogP contribution is 2.27. The number of aryl methyl sites for hydroxylation is 1. The third kappa shape index (κ3) is 2.74. The first-order chi connectivity index (χ1) is 8.77. The minimum absolute atomic E-state index is 0.200. The van der Waals surface area contributed by atoms with Gasteiger partial charge in [0.15, 0.2) is 0 Å². The van der Waals surface area contributed by atoms with E-state index in [0.29, 0.717) is 6.04 Å². The van der Waals surface area contributed by atoms with E-state index in [2.05, 4.69) is 47.0 Å². The number of hydrogen-bond acceptors (Lipinski definition) is 4. The summed E-state index contributed by atoms with van der Waals surface area (Å²) in [6.45, 7) is 8.80. The van der Waals surface area contributed by atoms with Crippen molar-refractivity contribution >= 4 is 0 Å². The van der Waals surface area contributed by atoms with E-state index in [0.717, 1.165) is 32.8 Å². The van der Waals surface area contributed by atoms with Gasteiger partial charge >= 0.3 is 0 Å². The molecule has 1 aliphatic heterocycles. The average Bonchev–Trinajstić information content (AvgIpc) is 2.84. The molecule has 1 saturated heterocycles. The minimum Gasteiger partial charge on any atom is -0.374 e. The van der Waals surface area contributed by atoms with E-state index in [4.69, 9.17) is 4.74 Å². The molecule has 0 spiro atoms. The van der Waals surface area contributed by atoms with Crippen molar-refractivity contribution < 1.29 is 4.74 Å². The first-order valence-electron chi connectivity index (χ1n) is 6.82. The molecule has 18 heavy (non-hydrogen) atoms. The zero-order valence-electron chi connectivity index (χ0n) is 11.6. The zero-order valence-corrected chi connectivity index (χ0v) is 11.6. The number of likely N-dealkylation sites (N-methyl/N-ethyl adjacent to an activating group) is 2. The molecule has 102 valence electrons. The second-order valence-electron chi connectivity index (χ2n) is 4.71. The summed E-state index contributed by atoms with van der Waals surface area (Å²) >= 11 is 0. The summed E-state index contributed by atoms with van der Waals surface area (Å²) < 4.78 is 8.01. The van der Waals surface area contributed by atoms with Gasteiger partial charge in [-0.15, -0.1) is 0 Å². The Bertz CT molecular complexity index is 366. The smallest absolute Gasteiger partial charge is 0.0911 e. The van der Waals surface area contributed by atoms with E-state index in [1.54, 1.807) is 0 Å². The lowest BCUT2D eigenvalue weighted by Crippen LogP contribution is -2.48. The third-order valence-corrected chi connectivity index (χ3v) is 3.55. The van der Waals surface area contributed by atoms with Gasteiger partial charge in [0.2, 0.25) is 0 Å². The lowest BCUT2D eigenvalue weighted by Gasteiger charge is -2.39. The molecule has 0 bridgehead atoms. The quantitative estimate of drug-likeness (QED) is 0.845. The maximum absolute atomic E-state index is 5.94. The van der Waals surface area contributed by atoms with E-state index in [9.17, 15) is 0 Å². The molecule has 0 aliphatic carbocycles. The Kier molecular flexibility index (Phi) is 4.74. The van der Waals surface area contributed by atoms with E-state index >= 15 is 0 Å². The SMILES string of the molecule is CCNCC1OCCN(C)C1c1ccnn1CC. The molecule has 5 heteroatoms. The number of nitrogens with zero attached hydrogens (tertiary/aromatic N) is 3. The summed E-state index contributed by atoms with van der Waals surface area (Å²) in [6, 6.07) is 2.40. The van der Waals surface area contributed by atoms with E-state index in [1.165, 1.54) is 5.69 Å². The van der Waals surface area contributed by atoms with E-state index in [1.807, 2.05) is 6.20 Å². The van der Waals surface area contributed by atoms with Gasteiger partial charge in [-0.05, 0) is 26.6 Å². The van der Waals surface area contributed by atoms with Crippen LogP contribution in [0.4, 0.5) is 0 Å². The average molecular weight is 252 g/mol. The summed E-state index contributed by atoms with van der Waals surface area (Å²) in [5, 5.41) is 7.76. The van der Waals surface area contributed by atoms with Crippen LogP contribution < -0.4 is 5.32 Å². The summed E-state index contributed by atoms with van der Waals surface area (Å²) in [4.78, 5) is 2.37. The summed E-state index contributed by atoms with van der Waals surface area (Å²) in [7, 11) is 2.17. The molecule has 2 heterocycles. The van der Waals surface area contributed by atoms with Crippen LogP contribution in [0.25, 0.3) is 0 Å². The molecule has 1 aromatic heterocycles. The van der Waals surface area contributed by atoms with Crippen LogP contribution in [0.5, 0.6) is 0 Å². The largest absolute Gasteiger partial charge is 0.374 e. The van der Waals surface area contributed by atoms with Crippen LogP contribution in [0.15, 0.2) is 12.3 Å². The molecule has 2 unspecified atom stereocenters. The molecule has 0 aromatic carbocycles. The van der Waals surface area contributed by atoms with Crippen LogP contribution >= 0.6 is 0 Å². The fraction of sp³-hybridized carbons (Fsp3) is 0.769. The van der Waals surface area contributed by atoms with Crippen LogP contribution in [-0.4, -0.2) is 54.1 Å². The number of aromatic nitrogens is 2. The molecular formula is C13H24N4O. The van der Waals surface area contributed by atoms with Gasteiger partial charge in [0.1, 0.15) is 0 Å². The normalized spacial score (nSPS) is 25.5. The summed E-state index contributed by atoms with van der Waals surface area (Å²) in [5.74, 6) is 0. The maximum Gasteiger partial charge on any atom is 0.0911 e. The van der Waals surface area contributed by atoms with Crippen molar-refractivity contribution in [2.45, 2.75) is 32.5 Å². The molecular weight excluding hydrogens is 228 g/mol. The molecule has 2 atom stereocenters. The van der Waals surface area contributed by atoms with Crippen molar-refractivity contribution in [3.8, 4) is 0 Å². The van der Waals surface area contributed by atoms with Crippen molar-refractivity contribution in [3.05, 3.63) is 18.0 Å². The molecule has 1 aliphatic rings. The molecule has 1 N–H and O–H groups in total. The zero-order chi connectivity index (χ0) is 13.0. The lowest BCUT2D eigenvalue weighted by molar-refractivity contribution is -0.0637. The predicted octanol–water partition coefficient (Wildman–Crippen LogP) is 0.884. The fourth-order valence-corrected chi connectivity index (χ4v) is 2.59. The topological polar surface area (TPSA) is 42.3 Å². The summed E-state index contributed by atoms with van der Waals surface area (Å²) in [5.41, 5.74) is 1.25. The van der Waals surface area contributed by atoms with Crippen molar-refractivity contribution in [3.63, 3.8) is 0 Å². The number of morpholine rings is 1. The molecule has 1 fully saturated rings. The van der Waals surface area contributed by atoms with Crippen LogP contribution in [0.3, 0.4) is 0 Å². The number of rotatable bonds is 5. The van der Waals surface area contributed by atoms with Gasteiger partial charge in [0, 0.05) is 25.8 Å². The van der Waals surface area contributed by atoms with Gasteiger partial charge in [0.25, 0.3) is 0 Å².